The number of hydrogen-bond acceptors (Lipinski definition) is 8. The van der Waals surface area contributed by atoms with Crippen LogP contribution < -0.4 is 22.5 Å². The summed E-state index contributed by atoms with van der Waals surface area (Å²) in [6.07, 6.45) is 0.114. The monoisotopic (exact) mass is 500 g/mol. The third-order valence-electron chi connectivity index (χ3n) is 4.67. The SMILES string of the molecule is Cc1cccc(N)c1C(N)=O.Cc1cccc(NC(=O)CCC(=O)O)c1C(N)=O.O=C1CCC(=O)O1. The van der Waals surface area contributed by atoms with E-state index >= 15 is 0 Å². The Balaban J connectivity index is 0.000000303. The number of ether oxygens (including phenoxy) is 1. The van der Waals surface area contributed by atoms with Crippen LogP contribution >= 0.6 is 0 Å². The smallest absolute Gasteiger partial charge is 0.314 e. The van der Waals surface area contributed by atoms with Gasteiger partial charge in [-0.3, -0.25) is 28.8 Å². The summed E-state index contributed by atoms with van der Waals surface area (Å²) >= 11 is 0. The molecule has 12 nitrogen and oxygen atoms in total. The van der Waals surface area contributed by atoms with Gasteiger partial charge in [0.05, 0.1) is 36.1 Å². The largest absolute Gasteiger partial charge is 0.481 e. The van der Waals surface area contributed by atoms with E-state index in [0.717, 1.165) is 5.56 Å². The van der Waals surface area contributed by atoms with Crippen LogP contribution in [0.25, 0.3) is 0 Å². The van der Waals surface area contributed by atoms with E-state index < -0.39 is 35.6 Å². The number of benzene rings is 2. The van der Waals surface area contributed by atoms with Crippen LogP contribution in [0, 0.1) is 13.8 Å². The Labute approximate surface area is 206 Å². The van der Waals surface area contributed by atoms with Gasteiger partial charge < -0.3 is 32.4 Å². The second kappa shape index (κ2) is 13.8. The molecule has 192 valence electrons. The third kappa shape index (κ3) is 9.63. The van der Waals surface area contributed by atoms with Gasteiger partial charge in [0.2, 0.25) is 5.91 Å². The van der Waals surface area contributed by atoms with E-state index in [0.29, 0.717) is 22.5 Å². The van der Waals surface area contributed by atoms with Crippen molar-refractivity contribution >= 4 is 47.0 Å². The number of nitrogens with one attached hydrogen (secondary N) is 1. The molecule has 12 heteroatoms. The molecule has 0 saturated carbocycles. The molecule has 8 N–H and O–H groups in total. The van der Waals surface area contributed by atoms with Gasteiger partial charge in [-0.2, -0.15) is 0 Å². The maximum Gasteiger partial charge on any atom is 0.314 e. The van der Waals surface area contributed by atoms with E-state index in [4.69, 9.17) is 22.3 Å². The number of carboxylic acids is 1. The van der Waals surface area contributed by atoms with Crippen LogP contribution in [0.3, 0.4) is 0 Å². The van der Waals surface area contributed by atoms with Crippen molar-refractivity contribution < 1.29 is 38.6 Å². The standard InChI is InChI=1S/C12H14N2O4.C8H10N2O.C4H4O3/c1-7-3-2-4-8(11(7)12(13)18)14-9(15)5-6-10(16)17;1-5-3-2-4-6(9)7(5)8(10)11;5-3-1-2-4(6)7-3/h2-4H,5-6H2,1H3,(H2,13,18)(H,14,15)(H,16,17);2-4H,9H2,1H3,(H2,10,11);1-2H2. The predicted octanol–water partition coefficient (Wildman–Crippen LogP) is 1.42. The lowest BCUT2D eigenvalue weighted by atomic mass is 10.1. The first-order valence-electron chi connectivity index (χ1n) is 10.6. The van der Waals surface area contributed by atoms with Crippen molar-refractivity contribution in [2.24, 2.45) is 11.5 Å². The average Bonchev–Trinajstić information content (AvgIpc) is 3.15. The van der Waals surface area contributed by atoms with E-state index in [1.807, 2.05) is 0 Å². The topological polar surface area (TPSA) is 222 Å². The number of nitrogen functional groups attached to an aromatic ring is 1. The van der Waals surface area contributed by atoms with Crippen molar-refractivity contribution in [3.63, 3.8) is 0 Å². The summed E-state index contributed by atoms with van der Waals surface area (Å²) in [6, 6.07) is 10.2. The van der Waals surface area contributed by atoms with Crippen LogP contribution in [0.1, 0.15) is 57.5 Å². The fourth-order valence-electron chi connectivity index (χ4n) is 2.99. The maximum atomic E-state index is 11.5. The molecule has 1 aliphatic rings. The highest BCUT2D eigenvalue weighted by Gasteiger charge is 2.19. The summed E-state index contributed by atoms with van der Waals surface area (Å²) in [5.41, 5.74) is 18.7. The molecule has 36 heavy (non-hydrogen) atoms. The summed E-state index contributed by atoms with van der Waals surface area (Å²) in [5, 5.41) is 10.9. The number of nitrogens with two attached hydrogens (primary N) is 3. The van der Waals surface area contributed by atoms with Gasteiger partial charge in [-0.15, -0.1) is 0 Å². The molecule has 1 saturated heterocycles. The first-order valence-corrected chi connectivity index (χ1v) is 10.6. The fraction of sp³-hybridized carbons (Fsp3) is 0.250. The molecular formula is C24H28N4O8. The number of rotatable bonds is 6. The van der Waals surface area contributed by atoms with Gasteiger partial charge >= 0.3 is 17.9 Å². The average molecular weight is 501 g/mol. The molecule has 3 rings (SSSR count). The number of primary amides is 2. The van der Waals surface area contributed by atoms with Crippen molar-refractivity contribution in [1.29, 1.82) is 0 Å². The van der Waals surface area contributed by atoms with Crippen molar-refractivity contribution in [1.82, 2.24) is 0 Å². The molecule has 0 aromatic heterocycles. The van der Waals surface area contributed by atoms with Crippen LogP contribution in [0.2, 0.25) is 0 Å². The Morgan fingerprint density at radius 3 is 1.75 bits per heavy atom. The Morgan fingerprint density at radius 2 is 1.36 bits per heavy atom. The highest BCUT2D eigenvalue weighted by atomic mass is 16.6. The molecule has 2 aromatic rings. The molecule has 0 spiro atoms. The predicted molar refractivity (Wildman–Crippen MR) is 130 cm³/mol. The van der Waals surface area contributed by atoms with E-state index in [1.54, 1.807) is 50.2 Å². The minimum Gasteiger partial charge on any atom is -0.481 e. The number of aryl methyl sites for hydroxylation is 2. The molecule has 0 unspecified atom stereocenters. The Morgan fingerprint density at radius 1 is 0.861 bits per heavy atom. The van der Waals surface area contributed by atoms with Crippen molar-refractivity contribution in [2.45, 2.75) is 39.5 Å². The van der Waals surface area contributed by atoms with Gasteiger partial charge in [0.25, 0.3) is 11.8 Å². The molecule has 0 bridgehead atoms. The van der Waals surface area contributed by atoms with Gasteiger partial charge in [0.15, 0.2) is 0 Å². The number of hydrogen-bond donors (Lipinski definition) is 5. The van der Waals surface area contributed by atoms with Crippen LogP contribution in [0.4, 0.5) is 11.4 Å². The number of cyclic esters (lactones) is 2. The zero-order valence-electron chi connectivity index (χ0n) is 19.8. The van der Waals surface area contributed by atoms with Gasteiger partial charge in [0, 0.05) is 12.1 Å². The van der Waals surface area contributed by atoms with Gasteiger partial charge in [0.1, 0.15) is 0 Å². The fourth-order valence-corrected chi connectivity index (χ4v) is 2.99. The van der Waals surface area contributed by atoms with Crippen LogP contribution in [0.5, 0.6) is 0 Å². The summed E-state index contributed by atoms with van der Waals surface area (Å²) in [4.78, 5) is 63.9. The van der Waals surface area contributed by atoms with Crippen LogP contribution in [-0.2, 0) is 23.9 Å². The minimum absolute atomic E-state index is 0.151. The Kier molecular flexibility index (Phi) is 11.3. The maximum absolute atomic E-state index is 11.5. The molecular weight excluding hydrogens is 472 g/mol. The van der Waals surface area contributed by atoms with Crippen molar-refractivity contribution in [3.05, 3.63) is 58.7 Å². The molecule has 1 aliphatic heterocycles. The number of amides is 3. The molecule has 0 atom stereocenters. The summed E-state index contributed by atoms with van der Waals surface area (Å²) in [7, 11) is 0. The summed E-state index contributed by atoms with van der Waals surface area (Å²) < 4.78 is 4.08. The number of carboxylic acid groups (broad SMARTS) is 1. The normalized spacial score (nSPS) is 11.7. The highest BCUT2D eigenvalue weighted by Crippen LogP contribution is 2.19. The number of carbonyl (C=O) groups excluding carboxylic acids is 5. The second-order valence-electron chi connectivity index (χ2n) is 7.55. The van der Waals surface area contributed by atoms with Gasteiger partial charge in [-0.1, -0.05) is 24.3 Å². The summed E-state index contributed by atoms with van der Waals surface area (Å²) in [5.74, 6) is -3.42. The van der Waals surface area contributed by atoms with E-state index in [1.165, 1.54) is 0 Å². The highest BCUT2D eigenvalue weighted by molar-refractivity contribution is 6.04. The van der Waals surface area contributed by atoms with E-state index in [2.05, 4.69) is 10.1 Å². The van der Waals surface area contributed by atoms with Crippen molar-refractivity contribution in [2.75, 3.05) is 11.1 Å². The molecule has 1 heterocycles. The van der Waals surface area contributed by atoms with Gasteiger partial charge in [-0.05, 0) is 37.1 Å². The number of esters is 2. The molecule has 0 aliphatic carbocycles. The second-order valence-corrected chi connectivity index (χ2v) is 7.55. The number of aliphatic carboxylic acids is 1. The first kappa shape index (κ1) is 29.3. The summed E-state index contributed by atoms with van der Waals surface area (Å²) in [6.45, 7) is 3.50. The van der Waals surface area contributed by atoms with E-state index in [9.17, 15) is 28.8 Å². The van der Waals surface area contributed by atoms with E-state index in [-0.39, 0.29) is 31.2 Å². The quantitative estimate of drug-likeness (QED) is 0.219. The lowest BCUT2D eigenvalue weighted by molar-refractivity contribution is -0.152. The number of anilines is 2. The Hall–Kier alpha value is -4.74. The molecule has 3 amide bonds. The minimum atomic E-state index is -1.05. The lowest BCUT2D eigenvalue weighted by Crippen LogP contribution is -2.19. The molecule has 2 aromatic carbocycles. The van der Waals surface area contributed by atoms with Crippen molar-refractivity contribution in [3.8, 4) is 0 Å². The zero-order valence-corrected chi connectivity index (χ0v) is 19.8. The molecule has 0 radical (unpaired) electrons. The third-order valence-corrected chi connectivity index (χ3v) is 4.67. The first-order chi connectivity index (χ1) is 16.8. The van der Waals surface area contributed by atoms with Crippen LogP contribution in [0.15, 0.2) is 36.4 Å². The van der Waals surface area contributed by atoms with Gasteiger partial charge in [-0.25, -0.2) is 0 Å². The molecule has 1 fully saturated rings. The number of carbonyl (C=O) groups is 6. The zero-order chi connectivity index (χ0) is 27.4. The van der Waals surface area contributed by atoms with Crippen LogP contribution in [-0.4, -0.2) is 40.7 Å². The lowest BCUT2D eigenvalue weighted by Gasteiger charge is -2.10. The Bertz CT molecular complexity index is 1140.